The highest BCUT2D eigenvalue weighted by atomic mass is 16.1. The van der Waals surface area contributed by atoms with Crippen LogP contribution in [0, 0.1) is 10.8 Å². The molecule has 0 aliphatic rings. The van der Waals surface area contributed by atoms with Gasteiger partial charge in [-0.2, -0.15) is 0 Å². The molecule has 0 fully saturated rings. The molecule has 0 saturated heterocycles. The van der Waals surface area contributed by atoms with Crippen molar-refractivity contribution in [1.82, 2.24) is 0 Å². The van der Waals surface area contributed by atoms with Crippen LogP contribution in [0.4, 0.5) is 0 Å². The van der Waals surface area contributed by atoms with E-state index in [0.717, 1.165) is 12.2 Å². The first-order chi connectivity index (χ1) is 7.43. The lowest BCUT2D eigenvalue weighted by atomic mass is 9.87. The maximum absolute atomic E-state index is 8.35. The second-order valence-electron chi connectivity index (χ2n) is 3.82. The number of nitrogens with one attached hydrogen (secondary N) is 2. The Kier molecular flexibility index (Phi) is 9.78. The van der Waals surface area contributed by atoms with E-state index in [1.807, 2.05) is 0 Å². The second-order valence-corrected chi connectivity index (χ2v) is 3.82. The van der Waals surface area contributed by atoms with Crippen LogP contribution in [0.3, 0.4) is 0 Å². The normalized spacial score (nSPS) is 8.19. The van der Waals surface area contributed by atoms with Crippen molar-refractivity contribution < 1.29 is 9.59 Å². The predicted octanol–water partition coefficient (Wildman–Crippen LogP) is 2.79. The molecule has 0 saturated carbocycles. The Morgan fingerprint density at radius 3 is 1.44 bits per heavy atom. The first-order valence-corrected chi connectivity index (χ1v) is 4.57. The summed E-state index contributed by atoms with van der Waals surface area (Å²) in [6.07, 6.45) is 1.50. The minimum atomic E-state index is 0.293. The lowest BCUT2D eigenvalue weighted by Crippen LogP contribution is -2.10. The van der Waals surface area contributed by atoms with Crippen LogP contribution < -0.4 is 0 Å². The van der Waals surface area contributed by atoms with Crippen molar-refractivity contribution in [3.8, 4) is 0 Å². The van der Waals surface area contributed by atoms with Crippen molar-refractivity contribution in [2.45, 2.75) is 26.2 Å². The fourth-order valence-electron chi connectivity index (χ4n) is 0.938. The molecule has 0 heterocycles. The molecule has 0 aliphatic heterocycles. The standard InChI is InChI=1S/C10H14.2CHNO/c1-10(2,3)9-7-5-4-6-8-9;2*2-1-3/h4-8H,1-3H3;2*2H. The van der Waals surface area contributed by atoms with Crippen molar-refractivity contribution in [2.75, 3.05) is 0 Å². The average Bonchev–Trinajstić information content (AvgIpc) is 2.20. The molecule has 16 heavy (non-hydrogen) atoms. The van der Waals surface area contributed by atoms with Gasteiger partial charge in [-0.25, -0.2) is 20.4 Å². The molecule has 2 N–H and O–H groups in total. The van der Waals surface area contributed by atoms with Crippen LogP contribution in [0.2, 0.25) is 0 Å². The third kappa shape index (κ3) is 10.1. The molecular weight excluding hydrogens is 204 g/mol. The summed E-state index contributed by atoms with van der Waals surface area (Å²) in [6.45, 7) is 6.67. The molecule has 86 valence electrons. The van der Waals surface area contributed by atoms with Gasteiger partial charge in [0.05, 0.1) is 0 Å². The fourth-order valence-corrected chi connectivity index (χ4v) is 0.938. The number of rotatable bonds is 0. The molecule has 0 spiro atoms. The summed E-state index contributed by atoms with van der Waals surface area (Å²) >= 11 is 0. The van der Waals surface area contributed by atoms with E-state index in [4.69, 9.17) is 20.4 Å². The van der Waals surface area contributed by atoms with Gasteiger partial charge in [0.15, 0.2) is 0 Å². The van der Waals surface area contributed by atoms with E-state index in [-0.39, 0.29) is 0 Å². The average molecular weight is 220 g/mol. The molecule has 1 aromatic rings. The maximum Gasteiger partial charge on any atom is 0.231 e. The van der Waals surface area contributed by atoms with Crippen molar-refractivity contribution >= 4 is 12.2 Å². The molecule has 0 amide bonds. The van der Waals surface area contributed by atoms with E-state index in [2.05, 4.69) is 51.1 Å². The highest BCUT2D eigenvalue weighted by molar-refractivity contribution is 5.26. The first kappa shape index (κ1) is 16.4. The van der Waals surface area contributed by atoms with E-state index in [1.54, 1.807) is 0 Å². The molecule has 4 nitrogen and oxygen atoms in total. The summed E-state index contributed by atoms with van der Waals surface area (Å²) in [6, 6.07) is 10.6. The molecule has 0 bridgehead atoms. The van der Waals surface area contributed by atoms with E-state index < -0.39 is 0 Å². The van der Waals surface area contributed by atoms with E-state index in [9.17, 15) is 0 Å². The molecule has 4 heteroatoms. The topological polar surface area (TPSA) is 81.8 Å². The van der Waals surface area contributed by atoms with Crippen molar-refractivity contribution in [3.63, 3.8) is 0 Å². The number of carbonyl (C=O) groups excluding carboxylic acids is 2. The van der Waals surface area contributed by atoms with Crippen LogP contribution >= 0.6 is 0 Å². The zero-order valence-electron chi connectivity index (χ0n) is 9.70. The van der Waals surface area contributed by atoms with Crippen LogP contribution in [0.5, 0.6) is 0 Å². The summed E-state index contributed by atoms with van der Waals surface area (Å²) in [5.41, 5.74) is 1.69. The Morgan fingerprint density at radius 2 is 1.25 bits per heavy atom. The van der Waals surface area contributed by atoms with E-state index in [1.165, 1.54) is 5.56 Å². The van der Waals surface area contributed by atoms with Gasteiger partial charge in [0.2, 0.25) is 12.2 Å². The summed E-state index contributed by atoms with van der Waals surface area (Å²) in [5.74, 6) is 0. The molecular formula is C12H16N2O2. The Bertz CT molecular complexity index is 329. The van der Waals surface area contributed by atoms with Crippen LogP contribution in [0.15, 0.2) is 30.3 Å². The lowest BCUT2D eigenvalue weighted by Gasteiger charge is -2.18. The third-order valence-corrected chi connectivity index (χ3v) is 1.64. The molecule has 0 unspecified atom stereocenters. The molecule has 0 atom stereocenters. The summed E-state index contributed by atoms with van der Waals surface area (Å²) in [4.78, 5) is 16.7. The van der Waals surface area contributed by atoms with Crippen molar-refractivity contribution in [1.29, 1.82) is 10.8 Å². The van der Waals surface area contributed by atoms with E-state index in [0.29, 0.717) is 5.41 Å². The van der Waals surface area contributed by atoms with Gasteiger partial charge < -0.3 is 0 Å². The first-order valence-electron chi connectivity index (χ1n) is 4.57. The molecule has 1 aromatic carbocycles. The van der Waals surface area contributed by atoms with Gasteiger partial charge in [-0.15, -0.1) is 0 Å². The molecule has 0 radical (unpaired) electrons. The maximum atomic E-state index is 8.35. The Balaban J connectivity index is 0. The highest BCUT2D eigenvalue weighted by Gasteiger charge is 2.11. The molecule has 0 aromatic heterocycles. The van der Waals surface area contributed by atoms with Crippen LogP contribution in [-0.2, 0) is 15.0 Å². The Hall–Kier alpha value is -2.02. The molecule has 1 rings (SSSR count). The predicted molar refractivity (Wildman–Crippen MR) is 62.0 cm³/mol. The van der Waals surface area contributed by atoms with Crippen molar-refractivity contribution in [2.24, 2.45) is 0 Å². The monoisotopic (exact) mass is 220 g/mol. The van der Waals surface area contributed by atoms with Gasteiger partial charge in [-0.3, -0.25) is 0 Å². The van der Waals surface area contributed by atoms with Gasteiger partial charge in [0.1, 0.15) is 0 Å². The number of isocyanates is 2. The van der Waals surface area contributed by atoms with E-state index >= 15 is 0 Å². The van der Waals surface area contributed by atoms with Gasteiger partial charge in [0.25, 0.3) is 0 Å². The van der Waals surface area contributed by atoms with Gasteiger partial charge in [-0.1, -0.05) is 51.1 Å². The Morgan fingerprint density at radius 1 is 0.938 bits per heavy atom. The van der Waals surface area contributed by atoms with Gasteiger partial charge >= 0.3 is 0 Å². The quantitative estimate of drug-likeness (QED) is 0.520. The van der Waals surface area contributed by atoms with Crippen molar-refractivity contribution in [3.05, 3.63) is 35.9 Å². The summed E-state index contributed by atoms with van der Waals surface area (Å²) in [5, 5.41) is 10.8. The summed E-state index contributed by atoms with van der Waals surface area (Å²) in [7, 11) is 0. The van der Waals surface area contributed by atoms with Gasteiger partial charge in [0, 0.05) is 0 Å². The minimum Gasteiger partial charge on any atom is -0.222 e. The van der Waals surface area contributed by atoms with Crippen LogP contribution in [0.1, 0.15) is 26.3 Å². The lowest BCUT2D eigenvalue weighted by molar-refractivity contribution is 0.562. The minimum absolute atomic E-state index is 0.293. The van der Waals surface area contributed by atoms with Crippen LogP contribution in [-0.4, -0.2) is 12.2 Å². The summed E-state index contributed by atoms with van der Waals surface area (Å²) < 4.78 is 0. The van der Waals surface area contributed by atoms with Crippen LogP contribution in [0.25, 0.3) is 0 Å². The largest absolute Gasteiger partial charge is 0.231 e. The second kappa shape index (κ2) is 9.53. The van der Waals surface area contributed by atoms with Gasteiger partial charge in [-0.05, 0) is 11.0 Å². The third-order valence-electron chi connectivity index (χ3n) is 1.64. The fraction of sp³-hybridized carbons (Fsp3) is 0.333. The zero-order valence-corrected chi connectivity index (χ0v) is 9.70. The molecule has 0 aliphatic carbocycles. The zero-order chi connectivity index (χ0) is 13.0. The SMILES string of the molecule is CC(C)(C)c1ccccc1.N=C=O.N=C=O. The highest BCUT2D eigenvalue weighted by Crippen LogP contribution is 2.20. The Labute approximate surface area is 95.3 Å². The number of benzene rings is 1. The number of hydrogen-bond acceptors (Lipinski definition) is 4. The number of hydrogen-bond donors (Lipinski definition) is 2. The smallest absolute Gasteiger partial charge is 0.222 e.